The van der Waals surface area contributed by atoms with Crippen LogP contribution in [0.4, 0.5) is 0 Å². The maximum absolute atomic E-state index is 9.73. The number of rotatable bonds is 3. The van der Waals surface area contributed by atoms with E-state index >= 15 is 0 Å². The topological polar surface area (TPSA) is 32.3 Å². The first-order valence-corrected chi connectivity index (χ1v) is 6.78. The predicted octanol–water partition coefficient (Wildman–Crippen LogP) is 2.46. The van der Waals surface area contributed by atoms with Crippen molar-refractivity contribution in [3.05, 3.63) is 0 Å². The lowest BCUT2D eigenvalue weighted by Crippen LogP contribution is -2.35. The molecule has 88 valence electrons. The van der Waals surface area contributed by atoms with Crippen LogP contribution in [0.1, 0.15) is 57.8 Å². The van der Waals surface area contributed by atoms with Crippen LogP contribution >= 0.6 is 0 Å². The van der Waals surface area contributed by atoms with Crippen LogP contribution in [-0.2, 0) is 0 Å². The van der Waals surface area contributed by atoms with E-state index in [1.807, 2.05) is 0 Å². The van der Waals surface area contributed by atoms with E-state index in [0.29, 0.717) is 5.92 Å². The molecule has 2 atom stereocenters. The number of hydrogen-bond acceptors (Lipinski definition) is 2. The van der Waals surface area contributed by atoms with E-state index in [2.05, 4.69) is 5.32 Å². The minimum absolute atomic E-state index is 0.0247. The average molecular weight is 211 g/mol. The molecule has 2 heteroatoms. The molecule has 0 amide bonds. The Morgan fingerprint density at radius 3 is 2.20 bits per heavy atom. The number of nitrogens with one attached hydrogen (secondary N) is 1. The van der Waals surface area contributed by atoms with Crippen LogP contribution in [0, 0.1) is 5.92 Å². The summed E-state index contributed by atoms with van der Waals surface area (Å²) in [7, 11) is 0. The Hall–Kier alpha value is -0.0800. The Balaban J connectivity index is 1.67. The van der Waals surface area contributed by atoms with Crippen molar-refractivity contribution in [2.24, 2.45) is 5.92 Å². The smallest absolute Gasteiger partial charge is 0.0580 e. The zero-order chi connectivity index (χ0) is 10.5. The van der Waals surface area contributed by atoms with Gasteiger partial charge in [-0.05, 0) is 31.6 Å². The van der Waals surface area contributed by atoms with Crippen molar-refractivity contribution in [2.75, 3.05) is 6.54 Å². The third kappa shape index (κ3) is 3.46. The molecule has 0 radical (unpaired) electrons. The maximum Gasteiger partial charge on any atom is 0.0580 e. The highest BCUT2D eigenvalue weighted by atomic mass is 16.3. The van der Waals surface area contributed by atoms with Crippen LogP contribution < -0.4 is 5.32 Å². The molecule has 0 heterocycles. The van der Waals surface area contributed by atoms with Gasteiger partial charge in [-0.3, -0.25) is 0 Å². The zero-order valence-corrected chi connectivity index (χ0v) is 9.75. The first-order chi connectivity index (χ1) is 7.36. The van der Waals surface area contributed by atoms with E-state index in [4.69, 9.17) is 0 Å². The molecule has 2 rings (SSSR count). The van der Waals surface area contributed by atoms with Crippen molar-refractivity contribution >= 4 is 0 Å². The number of aliphatic hydroxyl groups is 1. The van der Waals surface area contributed by atoms with Gasteiger partial charge in [-0.2, -0.15) is 0 Å². The molecule has 2 aliphatic rings. The van der Waals surface area contributed by atoms with E-state index in [0.717, 1.165) is 19.0 Å². The molecule has 2 unspecified atom stereocenters. The second kappa shape index (κ2) is 5.86. The van der Waals surface area contributed by atoms with E-state index in [1.165, 1.54) is 51.4 Å². The minimum Gasteiger partial charge on any atom is -0.393 e. The lowest BCUT2D eigenvalue weighted by molar-refractivity contribution is 0.129. The first kappa shape index (κ1) is 11.4. The highest BCUT2D eigenvalue weighted by Gasteiger charge is 2.25. The summed E-state index contributed by atoms with van der Waals surface area (Å²) in [5.74, 6) is 0.535. The monoisotopic (exact) mass is 211 g/mol. The third-order valence-corrected chi connectivity index (χ3v) is 4.14. The molecule has 0 saturated heterocycles. The van der Waals surface area contributed by atoms with Crippen molar-refractivity contribution in [2.45, 2.75) is 69.9 Å². The molecule has 2 aliphatic carbocycles. The summed E-state index contributed by atoms with van der Waals surface area (Å²) in [5, 5.41) is 13.4. The second-order valence-corrected chi connectivity index (χ2v) is 5.36. The third-order valence-electron chi connectivity index (χ3n) is 4.14. The summed E-state index contributed by atoms with van der Waals surface area (Å²) in [4.78, 5) is 0. The first-order valence-electron chi connectivity index (χ1n) is 6.78. The highest BCUT2D eigenvalue weighted by molar-refractivity contribution is 4.80. The standard InChI is InChI=1S/C13H25NO/c15-13-9-5-6-11(13)10-14-12-7-3-1-2-4-8-12/h11-15H,1-10H2. The molecule has 0 aromatic carbocycles. The van der Waals surface area contributed by atoms with Crippen LogP contribution in [0.5, 0.6) is 0 Å². The zero-order valence-electron chi connectivity index (χ0n) is 9.75. The maximum atomic E-state index is 9.73. The van der Waals surface area contributed by atoms with Gasteiger partial charge in [-0.25, -0.2) is 0 Å². The fraction of sp³-hybridized carbons (Fsp3) is 1.00. The Kier molecular flexibility index (Phi) is 4.45. The predicted molar refractivity (Wildman–Crippen MR) is 62.8 cm³/mol. The van der Waals surface area contributed by atoms with Crippen molar-refractivity contribution in [1.29, 1.82) is 0 Å². The average Bonchev–Trinajstić information content (AvgIpc) is 2.53. The van der Waals surface area contributed by atoms with Gasteiger partial charge >= 0.3 is 0 Å². The lowest BCUT2D eigenvalue weighted by Gasteiger charge is -2.21. The van der Waals surface area contributed by atoms with Crippen molar-refractivity contribution in [1.82, 2.24) is 5.32 Å². The summed E-state index contributed by atoms with van der Waals surface area (Å²) in [6.45, 7) is 1.05. The Morgan fingerprint density at radius 1 is 0.867 bits per heavy atom. The van der Waals surface area contributed by atoms with E-state index in [1.54, 1.807) is 0 Å². The quantitative estimate of drug-likeness (QED) is 0.703. The molecule has 2 nitrogen and oxygen atoms in total. The van der Waals surface area contributed by atoms with Gasteiger partial charge in [-0.1, -0.05) is 32.1 Å². The molecule has 0 spiro atoms. The van der Waals surface area contributed by atoms with Gasteiger partial charge in [0.1, 0.15) is 0 Å². The molecule has 0 aromatic rings. The van der Waals surface area contributed by atoms with Gasteiger partial charge in [0.15, 0.2) is 0 Å². The molecular formula is C13H25NO. The summed E-state index contributed by atoms with van der Waals surface area (Å²) >= 11 is 0. The SMILES string of the molecule is OC1CCCC1CNC1CCCCCC1. The minimum atomic E-state index is -0.0247. The summed E-state index contributed by atoms with van der Waals surface area (Å²) in [5.41, 5.74) is 0. The van der Waals surface area contributed by atoms with Crippen molar-refractivity contribution in [3.8, 4) is 0 Å². The summed E-state index contributed by atoms with van der Waals surface area (Å²) in [6, 6.07) is 0.736. The van der Waals surface area contributed by atoms with Gasteiger partial charge in [0, 0.05) is 12.6 Å². The van der Waals surface area contributed by atoms with Crippen LogP contribution in [0.25, 0.3) is 0 Å². The van der Waals surface area contributed by atoms with E-state index < -0.39 is 0 Å². The van der Waals surface area contributed by atoms with Crippen LogP contribution in [0.3, 0.4) is 0 Å². The number of aliphatic hydroxyl groups excluding tert-OH is 1. The molecule has 0 aromatic heterocycles. The Labute approximate surface area is 93.5 Å². The second-order valence-electron chi connectivity index (χ2n) is 5.36. The Morgan fingerprint density at radius 2 is 1.60 bits per heavy atom. The normalized spacial score (nSPS) is 34.2. The van der Waals surface area contributed by atoms with Gasteiger partial charge in [0.05, 0.1) is 6.10 Å². The fourth-order valence-electron chi connectivity index (χ4n) is 3.06. The molecule has 0 bridgehead atoms. The van der Waals surface area contributed by atoms with Crippen molar-refractivity contribution in [3.63, 3.8) is 0 Å². The summed E-state index contributed by atoms with van der Waals surface area (Å²) in [6.07, 6.45) is 11.8. The van der Waals surface area contributed by atoms with E-state index in [-0.39, 0.29) is 6.10 Å². The fourth-order valence-corrected chi connectivity index (χ4v) is 3.06. The van der Waals surface area contributed by atoms with E-state index in [9.17, 15) is 5.11 Å². The summed E-state index contributed by atoms with van der Waals surface area (Å²) < 4.78 is 0. The highest BCUT2D eigenvalue weighted by Crippen LogP contribution is 2.25. The molecule has 0 aliphatic heterocycles. The van der Waals surface area contributed by atoms with Gasteiger partial charge < -0.3 is 10.4 Å². The van der Waals surface area contributed by atoms with Crippen LogP contribution in [0.2, 0.25) is 0 Å². The lowest BCUT2D eigenvalue weighted by atomic mass is 10.0. The van der Waals surface area contributed by atoms with Crippen LogP contribution in [0.15, 0.2) is 0 Å². The van der Waals surface area contributed by atoms with Gasteiger partial charge in [0.2, 0.25) is 0 Å². The molecule has 15 heavy (non-hydrogen) atoms. The Bertz CT molecular complexity index is 175. The molecule has 2 fully saturated rings. The van der Waals surface area contributed by atoms with Crippen LogP contribution in [-0.4, -0.2) is 23.8 Å². The molecular weight excluding hydrogens is 186 g/mol. The number of hydrogen-bond donors (Lipinski definition) is 2. The largest absolute Gasteiger partial charge is 0.393 e. The van der Waals surface area contributed by atoms with Crippen molar-refractivity contribution < 1.29 is 5.11 Å². The molecule has 2 saturated carbocycles. The van der Waals surface area contributed by atoms with Gasteiger partial charge in [0.25, 0.3) is 0 Å². The molecule has 2 N–H and O–H groups in total. The van der Waals surface area contributed by atoms with Gasteiger partial charge in [-0.15, -0.1) is 0 Å².